The maximum Gasteiger partial charge on any atom is 0.305 e. The summed E-state index contributed by atoms with van der Waals surface area (Å²) < 4.78 is 6.99. The van der Waals surface area contributed by atoms with E-state index >= 15 is 33.6 Å². The Morgan fingerprint density at radius 3 is 1.04 bits per heavy atom. The highest BCUT2D eigenvalue weighted by molar-refractivity contribution is 8.01. The molecule has 0 unspecified atom stereocenters. The Kier molecular flexibility index (Phi) is 38.1. The molecular weight excluding hydrogens is 1850 g/mol. The third kappa shape index (κ3) is 26.9. The van der Waals surface area contributed by atoms with Gasteiger partial charge in [0.25, 0.3) is 0 Å². The molecule has 13 aromatic rings. The largest absolute Gasteiger partial charge is 0.469 e. The molecule has 0 fully saturated rings. The maximum absolute atomic E-state index is 16.6. The first-order chi connectivity index (χ1) is 70.0. The quantitative estimate of drug-likeness (QED) is 0.00554. The van der Waals surface area contributed by atoms with Crippen LogP contribution < -0.4 is 69.1 Å². The van der Waals surface area contributed by atoms with Crippen molar-refractivity contribution >= 4 is 105 Å². The second kappa shape index (κ2) is 52.0. The summed E-state index contributed by atoms with van der Waals surface area (Å²) in [6.07, 6.45) is 3.90. The van der Waals surface area contributed by atoms with Crippen LogP contribution in [0.3, 0.4) is 0 Å². The summed E-state index contributed by atoms with van der Waals surface area (Å²) >= 11 is 2.78. The van der Waals surface area contributed by atoms with Crippen LogP contribution in [0.4, 0.5) is 0 Å². The molecule has 144 heavy (non-hydrogen) atoms. The number of nitrogens with one attached hydrogen (secondary N) is 15. The summed E-state index contributed by atoms with van der Waals surface area (Å²) in [6, 6.07) is 92.3. The lowest BCUT2D eigenvalue weighted by Gasteiger charge is -2.37. The third-order valence-corrected chi connectivity index (χ3v) is 28.7. The van der Waals surface area contributed by atoms with Crippen LogP contribution in [0, 0.1) is 10.8 Å². The molecule has 0 saturated carbocycles. The molecule has 0 bridgehead atoms. The predicted molar refractivity (Wildman–Crippen MR) is 565 cm³/mol. The predicted octanol–water partition coefficient (Wildman–Crippen LogP) is 11.3. The molecule has 15 N–H and O–H groups in total. The Hall–Kier alpha value is -15.9. The molecule has 0 aliphatic rings. The molecule has 8 atom stereocenters. The molecule has 0 saturated heterocycles. The van der Waals surface area contributed by atoms with E-state index in [0.29, 0.717) is 11.1 Å². The summed E-state index contributed by atoms with van der Waals surface area (Å²) in [6.45, 7) is 1.60. The first-order valence-electron chi connectivity index (χ1n) is 48.1. The number of ether oxygens (including phenoxy) is 1. The van der Waals surface area contributed by atoms with Gasteiger partial charge in [-0.25, -0.2) is 4.98 Å². The minimum Gasteiger partial charge on any atom is -0.469 e. The topological polar surface area (TPSA) is 407 Å². The number of hydrogen-bond acceptors (Lipinski definition) is 16. The highest BCUT2D eigenvalue weighted by Crippen LogP contribution is 2.51. The number of rotatable bonds is 49. The molecule has 0 aliphatic carbocycles. The van der Waals surface area contributed by atoms with Gasteiger partial charge in [0.05, 0.1) is 28.6 Å². The SMILES string of the molecule is CNC(=N)NCCC[C@H](NC(C)=O)C(=O)N[C@@H](CSC(c1ccccc1)(c1ccccc1)c1ccccc1)C(=O)N[C@@H](CCC(=O)OC)C(=O)N[C@@H](Cc1cn(C(c2ccccc2)(c2ccccc2)c2ccccc2)cn1)C(=O)N[C@H](Cc1ccccc1)C(=O)N[C@@H](CCCNC(=N)NC)C(=O)N[C@@H](Cc1cn(C)c2ccccc12)C(=O)N[C@@H](CSC(c1ccccc1)(c1ccccc1)c1ccccc1)C(=O)NC. The molecule has 9 amide bonds. The zero-order chi connectivity index (χ0) is 102. The van der Waals surface area contributed by atoms with E-state index in [2.05, 4.69) is 69.1 Å². The number of carbonyl (C=O) groups is 10. The zero-order valence-corrected chi connectivity index (χ0v) is 83.0. The number of carbonyl (C=O) groups excluding carboxylic acids is 10. The second-order valence-electron chi connectivity index (χ2n) is 34.9. The number of aromatic nitrogens is 3. The second-order valence-corrected chi connectivity index (χ2v) is 37.4. The van der Waals surface area contributed by atoms with Crippen molar-refractivity contribution in [2.24, 2.45) is 7.05 Å². The van der Waals surface area contributed by atoms with Crippen molar-refractivity contribution in [1.82, 2.24) is 83.2 Å². The van der Waals surface area contributed by atoms with Gasteiger partial charge in [-0.15, -0.1) is 23.5 Å². The van der Waals surface area contributed by atoms with Crippen LogP contribution in [-0.2, 0) is 94.0 Å². The van der Waals surface area contributed by atoms with Gasteiger partial charge in [0, 0.05) is 109 Å². The average Bonchev–Trinajstić information content (AvgIpc) is 1.38. The normalized spacial score (nSPS) is 13.0. The number of amides is 9. The highest BCUT2D eigenvalue weighted by Gasteiger charge is 2.45. The zero-order valence-electron chi connectivity index (χ0n) is 81.4. The molecule has 31 heteroatoms. The van der Waals surface area contributed by atoms with Gasteiger partial charge in [-0.1, -0.05) is 322 Å². The van der Waals surface area contributed by atoms with Gasteiger partial charge >= 0.3 is 5.97 Å². The lowest BCUT2D eigenvalue weighted by molar-refractivity contribution is -0.141. The number of guanidine groups is 2. The van der Waals surface area contributed by atoms with Crippen molar-refractivity contribution in [1.29, 1.82) is 10.8 Å². The molecule has 744 valence electrons. The minimum absolute atomic E-state index is 0.0112. The molecule has 0 spiro atoms. The number of methoxy groups -OCH3 is 1. The number of aryl methyl sites for hydroxylation is 1. The van der Waals surface area contributed by atoms with Crippen LogP contribution in [0.5, 0.6) is 0 Å². The molecule has 0 radical (unpaired) electrons. The van der Waals surface area contributed by atoms with Crippen LogP contribution in [0.1, 0.15) is 112 Å². The number of fused-ring (bicyclic) bond motifs is 1. The Balaban J connectivity index is 0.880. The number of esters is 1. The van der Waals surface area contributed by atoms with E-state index in [4.69, 9.17) is 20.5 Å². The molecular formula is C113H124N18O11S2. The van der Waals surface area contributed by atoms with E-state index in [9.17, 15) is 14.4 Å². The van der Waals surface area contributed by atoms with E-state index in [0.717, 1.165) is 61.0 Å². The summed E-state index contributed by atoms with van der Waals surface area (Å²) in [7, 11) is 7.67. The lowest BCUT2D eigenvalue weighted by Crippen LogP contribution is -2.61. The van der Waals surface area contributed by atoms with Crippen LogP contribution in [0.25, 0.3) is 10.9 Å². The molecule has 29 nitrogen and oxygen atoms in total. The van der Waals surface area contributed by atoms with Gasteiger partial charge in [-0.05, 0) is 99.4 Å². The van der Waals surface area contributed by atoms with Crippen molar-refractivity contribution in [3.05, 3.63) is 413 Å². The van der Waals surface area contributed by atoms with Gasteiger partial charge < -0.3 is 83.0 Å². The van der Waals surface area contributed by atoms with Crippen molar-refractivity contribution in [2.75, 3.05) is 52.8 Å². The van der Waals surface area contributed by atoms with E-state index in [1.807, 2.05) is 320 Å². The number of likely N-dealkylation sites (N-methyl/N-ethyl adjacent to an activating group) is 1. The molecule has 13 rings (SSSR count). The van der Waals surface area contributed by atoms with Gasteiger partial charge in [-0.3, -0.25) is 58.8 Å². The highest BCUT2D eigenvalue weighted by atomic mass is 32.2. The lowest BCUT2D eigenvalue weighted by atomic mass is 9.77. The van der Waals surface area contributed by atoms with Gasteiger partial charge in [0.2, 0.25) is 53.2 Å². The fraction of sp³-hybridized carbons (Fsp3) is 0.265. The number of benzene rings is 11. The number of hydrogen-bond donors (Lipinski definition) is 15. The smallest absolute Gasteiger partial charge is 0.305 e. The van der Waals surface area contributed by atoms with Crippen molar-refractivity contribution < 1.29 is 52.7 Å². The monoisotopic (exact) mass is 1970 g/mol. The van der Waals surface area contributed by atoms with Crippen molar-refractivity contribution in [3.8, 4) is 0 Å². The van der Waals surface area contributed by atoms with E-state index in [1.165, 1.54) is 44.6 Å². The molecule has 0 aliphatic heterocycles. The average molecular weight is 1970 g/mol. The molecule has 2 heterocycles. The van der Waals surface area contributed by atoms with E-state index in [-0.39, 0.29) is 80.7 Å². The van der Waals surface area contributed by atoms with Crippen LogP contribution >= 0.6 is 23.5 Å². The fourth-order valence-corrected chi connectivity index (χ4v) is 21.3. The maximum atomic E-state index is 16.6. The summed E-state index contributed by atoms with van der Waals surface area (Å²) in [5.74, 6) is -8.15. The van der Waals surface area contributed by atoms with Gasteiger partial charge in [-0.2, -0.15) is 0 Å². The molecule has 2 aromatic heterocycles. The Morgan fingerprint density at radius 1 is 0.354 bits per heavy atom. The Morgan fingerprint density at radius 2 is 0.667 bits per heavy atom. The number of para-hydroxylation sites is 1. The third-order valence-electron chi connectivity index (χ3n) is 25.4. The summed E-state index contributed by atoms with van der Waals surface area (Å²) in [5.41, 5.74) is 8.78. The van der Waals surface area contributed by atoms with Crippen molar-refractivity contribution in [3.63, 3.8) is 0 Å². The summed E-state index contributed by atoms with van der Waals surface area (Å²) in [4.78, 5) is 159. The van der Waals surface area contributed by atoms with Gasteiger partial charge in [0.15, 0.2) is 11.9 Å². The number of thioether (sulfide) groups is 2. The first-order valence-corrected chi connectivity index (χ1v) is 50.0. The Bertz CT molecular complexity index is 6160. The first kappa shape index (κ1) is 105. The van der Waals surface area contributed by atoms with Crippen molar-refractivity contribution in [2.45, 2.75) is 128 Å². The fourth-order valence-electron chi connectivity index (χ4n) is 18.2. The number of nitrogens with zero attached hydrogens (tertiary/aromatic N) is 3. The number of imidazole rings is 1. The standard InChI is InChI=1S/C113H124N18O11S2/c1-77(132)122-91(62-39-67-119-109(114)117-3)102(135)129-98(75-144-113(86-55-31-14-32-56-86,87-57-33-15-34-58-87)88-59-35-16-36-60-88)108(141)124-93(65-66-100(133)142-6)104(137)127-96(71-89-73-131(76-121-89)111(80-43-19-8-20-44-80,81-45-21-9-22-46-81)82-47-23-10-24-48-82)107(140)125-94(69-78-41-17-7-18-42-78)105(138)123-92(63-40-68-120-110(115)118-4)103(136)126-95(70-79-72-130(5)99-64-38-37-61-90(79)99)106(139)128-97(101(134)116-2)74-143-112(83-49-25-11-26-50-83,84-51-27-12-28-52-84)85-53-29-13-30-54-85/h7-38,41-61,64,72-73,76,91-98H,39-40,62-63,65-71,74-75H2,1-6H3,(H,116,134)(H,122,132)(H,123,138)(H,124,141)(H,125,140)(H,126,136)(H,127,137)(H,128,139)(H,129,135)(H3,114,117,119)(H3,115,118,120)/t91-,92-,93-,94+,95-,96-,97-,98-/m0/s1. The van der Waals surface area contributed by atoms with Crippen LogP contribution in [0.15, 0.2) is 346 Å². The molecule has 11 aromatic carbocycles. The van der Waals surface area contributed by atoms with Crippen LogP contribution in [0.2, 0.25) is 0 Å². The van der Waals surface area contributed by atoms with E-state index < -0.39 is 142 Å². The minimum atomic E-state index is -1.74. The van der Waals surface area contributed by atoms with E-state index in [1.54, 1.807) is 57.0 Å². The van der Waals surface area contributed by atoms with Crippen LogP contribution in [-0.4, -0.2) is 186 Å². The summed E-state index contributed by atoms with van der Waals surface area (Å²) in [5, 5.41) is 55.2. The van der Waals surface area contributed by atoms with Gasteiger partial charge in [0.1, 0.15) is 53.9 Å². The Labute approximate surface area is 848 Å².